The van der Waals surface area contributed by atoms with Gasteiger partial charge < -0.3 is 9.73 Å². The second-order valence-electron chi connectivity index (χ2n) is 6.27. The average Bonchev–Trinajstić information content (AvgIpc) is 3.39. The van der Waals surface area contributed by atoms with Crippen LogP contribution in [0.25, 0.3) is 11.4 Å². The molecular weight excluding hydrogens is 410 g/mol. The molecule has 0 aliphatic heterocycles. The SMILES string of the molecule is O=C(CSc1nnc(-c2ccccc2F)n1Cc1ccco1)Nc1ccccc1F. The number of halogens is 2. The van der Waals surface area contributed by atoms with Crippen LogP contribution >= 0.6 is 11.8 Å². The van der Waals surface area contributed by atoms with E-state index in [1.165, 1.54) is 24.5 Å². The summed E-state index contributed by atoms with van der Waals surface area (Å²) in [7, 11) is 0. The molecule has 0 unspecified atom stereocenters. The summed E-state index contributed by atoms with van der Waals surface area (Å²) in [4.78, 5) is 12.3. The van der Waals surface area contributed by atoms with Gasteiger partial charge in [0.1, 0.15) is 17.4 Å². The molecule has 0 fully saturated rings. The summed E-state index contributed by atoms with van der Waals surface area (Å²) in [6.45, 7) is 0.265. The van der Waals surface area contributed by atoms with Crippen LogP contribution in [0.3, 0.4) is 0 Å². The van der Waals surface area contributed by atoms with Crippen molar-refractivity contribution in [3.8, 4) is 11.4 Å². The van der Waals surface area contributed by atoms with Crippen LogP contribution in [0.5, 0.6) is 0 Å². The molecule has 0 atom stereocenters. The molecule has 1 N–H and O–H groups in total. The zero-order chi connectivity index (χ0) is 20.9. The Morgan fingerprint density at radius 2 is 1.77 bits per heavy atom. The highest BCUT2D eigenvalue weighted by atomic mass is 32.2. The molecule has 4 aromatic rings. The van der Waals surface area contributed by atoms with Gasteiger partial charge in [-0.2, -0.15) is 0 Å². The number of nitrogens with one attached hydrogen (secondary N) is 1. The van der Waals surface area contributed by atoms with Gasteiger partial charge in [-0.15, -0.1) is 10.2 Å². The largest absolute Gasteiger partial charge is 0.467 e. The van der Waals surface area contributed by atoms with E-state index in [1.807, 2.05) is 0 Å². The lowest BCUT2D eigenvalue weighted by Gasteiger charge is -2.10. The van der Waals surface area contributed by atoms with Crippen LogP contribution in [-0.2, 0) is 11.3 Å². The lowest BCUT2D eigenvalue weighted by Crippen LogP contribution is -2.15. The van der Waals surface area contributed by atoms with Crippen LogP contribution < -0.4 is 5.32 Å². The molecule has 0 saturated carbocycles. The Balaban J connectivity index is 1.56. The second-order valence-corrected chi connectivity index (χ2v) is 7.21. The van der Waals surface area contributed by atoms with Crippen LogP contribution in [0.1, 0.15) is 5.76 Å². The molecule has 30 heavy (non-hydrogen) atoms. The molecule has 9 heteroatoms. The highest BCUT2D eigenvalue weighted by molar-refractivity contribution is 7.99. The molecule has 0 aliphatic carbocycles. The first-order chi connectivity index (χ1) is 14.6. The van der Waals surface area contributed by atoms with Gasteiger partial charge in [-0.3, -0.25) is 9.36 Å². The van der Waals surface area contributed by atoms with Gasteiger partial charge in [-0.1, -0.05) is 36.0 Å². The van der Waals surface area contributed by atoms with E-state index in [0.29, 0.717) is 22.3 Å². The van der Waals surface area contributed by atoms with Crippen molar-refractivity contribution in [2.24, 2.45) is 0 Å². The summed E-state index contributed by atoms with van der Waals surface area (Å²) in [5.41, 5.74) is 0.395. The predicted molar refractivity (Wildman–Crippen MR) is 109 cm³/mol. The normalized spacial score (nSPS) is 10.9. The number of carbonyl (C=O) groups is 1. The Morgan fingerprint density at radius 1 is 1.00 bits per heavy atom. The number of anilines is 1. The van der Waals surface area contributed by atoms with Crippen LogP contribution in [-0.4, -0.2) is 26.4 Å². The topological polar surface area (TPSA) is 73.0 Å². The predicted octanol–water partition coefficient (Wildman–Crippen LogP) is 4.60. The van der Waals surface area contributed by atoms with Crippen molar-refractivity contribution >= 4 is 23.4 Å². The van der Waals surface area contributed by atoms with Gasteiger partial charge in [0.05, 0.1) is 29.8 Å². The molecule has 152 valence electrons. The molecule has 2 aromatic heterocycles. The van der Waals surface area contributed by atoms with Crippen LogP contribution in [0.15, 0.2) is 76.5 Å². The zero-order valence-electron chi connectivity index (χ0n) is 15.6. The lowest BCUT2D eigenvalue weighted by atomic mass is 10.2. The number of carbonyl (C=O) groups excluding carboxylic acids is 1. The standard InChI is InChI=1S/C21H16F2N4O2S/c22-16-8-2-1-7-15(16)20-25-26-21(27(20)12-14-6-5-11-29-14)30-13-19(28)24-18-10-4-3-9-17(18)23/h1-11H,12-13H2,(H,24,28). The molecule has 1 amide bonds. The smallest absolute Gasteiger partial charge is 0.234 e. The molecule has 0 radical (unpaired) electrons. The number of benzene rings is 2. The molecule has 0 bridgehead atoms. The molecule has 2 heterocycles. The number of furan rings is 1. The number of para-hydroxylation sites is 1. The van der Waals surface area contributed by atoms with Gasteiger partial charge in [0, 0.05) is 0 Å². The summed E-state index contributed by atoms with van der Waals surface area (Å²) < 4.78 is 35.1. The third kappa shape index (κ3) is 4.41. The maximum Gasteiger partial charge on any atom is 0.234 e. The molecule has 4 rings (SSSR count). The van der Waals surface area contributed by atoms with Gasteiger partial charge in [-0.05, 0) is 36.4 Å². The fourth-order valence-electron chi connectivity index (χ4n) is 2.82. The minimum absolute atomic E-state index is 0.0259. The van der Waals surface area contributed by atoms with Gasteiger partial charge >= 0.3 is 0 Å². The van der Waals surface area contributed by atoms with E-state index in [0.717, 1.165) is 11.8 Å². The summed E-state index contributed by atoms with van der Waals surface area (Å²) >= 11 is 1.11. The van der Waals surface area contributed by atoms with E-state index in [9.17, 15) is 13.6 Å². The number of hydrogen-bond acceptors (Lipinski definition) is 5. The van der Waals surface area contributed by atoms with Gasteiger partial charge in [-0.25, -0.2) is 8.78 Å². The lowest BCUT2D eigenvalue weighted by molar-refractivity contribution is -0.113. The Bertz CT molecular complexity index is 1160. The Kier molecular flexibility index (Phi) is 5.89. The number of rotatable bonds is 7. The van der Waals surface area contributed by atoms with Crippen molar-refractivity contribution in [3.63, 3.8) is 0 Å². The van der Waals surface area contributed by atoms with E-state index < -0.39 is 17.5 Å². The Hall–Kier alpha value is -3.46. The first-order valence-corrected chi connectivity index (χ1v) is 9.98. The van der Waals surface area contributed by atoms with Crippen LogP contribution in [0.2, 0.25) is 0 Å². The summed E-state index contributed by atoms with van der Waals surface area (Å²) in [6.07, 6.45) is 1.54. The molecule has 0 saturated heterocycles. The van der Waals surface area contributed by atoms with E-state index >= 15 is 0 Å². The maximum absolute atomic E-state index is 14.3. The number of nitrogens with zero attached hydrogens (tertiary/aromatic N) is 3. The van der Waals surface area contributed by atoms with Crippen molar-refractivity contribution in [3.05, 3.63) is 84.3 Å². The van der Waals surface area contributed by atoms with Crippen LogP contribution in [0, 0.1) is 11.6 Å². The summed E-state index contributed by atoms with van der Waals surface area (Å²) in [5.74, 6) is -0.420. The van der Waals surface area contributed by atoms with Gasteiger partial charge in [0.25, 0.3) is 0 Å². The van der Waals surface area contributed by atoms with Gasteiger partial charge in [0.15, 0.2) is 11.0 Å². The third-order valence-electron chi connectivity index (χ3n) is 4.21. The summed E-state index contributed by atoms with van der Waals surface area (Å²) in [6, 6.07) is 15.7. The quantitative estimate of drug-likeness (QED) is 0.438. The average molecular weight is 426 g/mol. The van der Waals surface area contributed by atoms with Crippen molar-refractivity contribution < 1.29 is 18.0 Å². The molecule has 6 nitrogen and oxygen atoms in total. The van der Waals surface area contributed by atoms with Crippen LogP contribution in [0.4, 0.5) is 14.5 Å². The first kappa shape index (κ1) is 19.8. The van der Waals surface area contributed by atoms with Crippen molar-refractivity contribution in [2.75, 3.05) is 11.1 Å². The minimum Gasteiger partial charge on any atom is -0.467 e. The number of hydrogen-bond donors (Lipinski definition) is 1. The highest BCUT2D eigenvalue weighted by Gasteiger charge is 2.19. The fourth-order valence-corrected chi connectivity index (χ4v) is 3.55. The molecular formula is C21H16F2N4O2S. The number of thioether (sulfide) groups is 1. The third-order valence-corrected chi connectivity index (χ3v) is 5.17. The molecule has 0 aliphatic rings. The maximum atomic E-state index is 14.3. The van der Waals surface area contributed by atoms with E-state index in [1.54, 1.807) is 47.0 Å². The highest BCUT2D eigenvalue weighted by Crippen LogP contribution is 2.27. The monoisotopic (exact) mass is 426 g/mol. The Labute approximate surface area is 174 Å². The molecule has 2 aromatic carbocycles. The first-order valence-electron chi connectivity index (χ1n) is 8.99. The van der Waals surface area contributed by atoms with Crippen molar-refractivity contribution in [1.82, 2.24) is 14.8 Å². The van der Waals surface area contributed by atoms with Crippen molar-refractivity contribution in [2.45, 2.75) is 11.7 Å². The Morgan fingerprint density at radius 3 is 2.50 bits per heavy atom. The molecule has 0 spiro atoms. The summed E-state index contributed by atoms with van der Waals surface area (Å²) in [5, 5.41) is 11.2. The van der Waals surface area contributed by atoms with Gasteiger partial charge in [0.2, 0.25) is 5.91 Å². The minimum atomic E-state index is -0.515. The number of aromatic nitrogens is 3. The van der Waals surface area contributed by atoms with Crippen molar-refractivity contribution in [1.29, 1.82) is 0 Å². The second kappa shape index (κ2) is 8.91. The van der Waals surface area contributed by atoms with E-state index in [4.69, 9.17) is 4.42 Å². The van der Waals surface area contributed by atoms with E-state index in [-0.39, 0.29) is 18.0 Å². The zero-order valence-corrected chi connectivity index (χ0v) is 16.4. The fraction of sp³-hybridized carbons (Fsp3) is 0.0952. The van der Waals surface area contributed by atoms with E-state index in [2.05, 4.69) is 15.5 Å². The number of amides is 1.